The first-order chi connectivity index (χ1) is 13.0. The zero-order chi connectivity index (χ0) is 19.1. The minimum absolute atomic E-state index is 0.0954. The van der Waals surface area contributed by atoms with Gasteiger partial charge in [-0.3, -0.25) is 29.4 Å². The molecular weight excluding hydrogens is 346 g/mol. The Kier molecular flexibility index (Phi) is 3.99. The Hall–Kier alpha value is -3.48. The summed E-state index contributed by atoms with van der Waals surface area (Å²) < 4.78 is 0. The van der Waals surface area contributed by atoms with Crippen LogP contribution < -0.4 is 10.6 Å². The van der Waals surface area contributed by atoms with E-state index in [1.807, 2.05) is 31.2 Å². The van der Waals surface area contributed by atoms with Gasteiger partial charge in [-0.2, -0.15) is 0 Å². The van der Waals surface area contributed by atoms with Crippen LogP contribution in [0.2, 0.25) is 0 Å². The molecule has 0 saturated carbocycles. The van der Waals surface area contributed by atoms with Crippen molar-refractivity contribution in [2.45, 2.75) is 25.8 Å². The Labute approximate surface area is 155 Å². The van der Waals surface area contributed by atoms with Crippen molar-refractivity contribution in [3.63, 3.8) is 0 Å². The lowest BCUT2D eigenvalue weighted by atomic mass is 10.0. The number of carbonyl (C=O) groups is 4. The van der Waals surface area contributed by atoms with Gasteiger partial charge >= 0.3 is 0 Å². The van der Waals surface area contributed by atoms with Gasteiger partial charge < -0.3 is 5.32 Å². The van der Waals surface area contributed by atoms with E-state index in [1.165, 1.54) is 0 Å². The number of piperidine rings is 1. The fraction of sp³-hybridized carbons (Fsp3) is 0.200. The van der Waals surface area contributed by atoms with Crippen LogP contribution in [0.1, 0.15) is 39.1 Å². The molecule has 2 aromatic rings. The van der Waals surface area contributed by atoms with Gasteiger partial charge in [0.25, 0.3) is 11.8 Å². The Balaban J connectivity index is 1.69. The van der Waals surface area contributed by atoms with Crippen molar-refractivity contribution in [3.8, 4) is 0 Å². The second kappa shape index (κ2) is 6.35. The molecule has 0 aliphatic carbocycles. The van der Waals surface area contributed by atoms with Crippen LogP contribution in [0.15, 0.2) is 42.5 Å². The number of amides is 4. The number of hydrogen-bond donors (Lipinski definition) is 2. The molecular formula is C20H17N3O4. The molecule has 2 heterocycles. The van der Waals surface area contributed by atoms with Crippen LogP contribution in [0.5, 0.6) is 0 Å². The molecule has 2 N–H and O–H groups in total. The molecule has 4 rings (SSSR count). The van der Waals surface area contributed by atoms with E-state index in [0.717, 1.165) is 16.2 Å². The highest BCUT2D eigenvalue weighted by molar-refractivity contribution is 6.25. The molecule has 4 amide bonds. The normalized spacial score (nSPS) is 19.1. The first-order valence-corrected chi connectivity index (χ1v) is 8.64. The highest BCUT2D eigenvalue weighted by Crippen LogP contribution is 2.33. The number of anilines is 2. The zero-order valence-corrected chi connectivity index (χ0v) is 14.6. The molecule has 0 radical (unpaired) electrons. The quantitative estimate of drug-likeness (QED) is 0.815. The average molecular weight is 363 g/mol. The van der Waals surface area contributed by atoms with E-state index in [-0.39, 0.29) is 24.0 Å². The number of nitrogens with zero attached hydrogens (tertiary/aromatic N) is 1. The van der Waals surface area contributed by atoms with Crippen LogP contribution in [-0.2, 0) is 9.59 Å². The third kappa shape index (κ3) is 2.87. The molecule has 0 spiro atoms. The van der Waals surface area contributed by atoms with E-state index in [2.05, 4.69) is 10.6 Å². The molecule has 1 saturated heterocycles. The maximum Gasteiger partial charge on any atom is 0.264 e. The average Bonchev–Trinajstić information content (AvgIpc) is 2.87. The Morgan fingerprint density at radius 2 is 1.81 bits per heavy atom. The van der Waals surface area contributed by atoms with Gasteiger partial charge in [0.05, 0.1) is 16.8 Å². The Morgan fingerprint density at radius 1 is 1.04 bits per heavy atom. The molecule has 136 valence electrons. The van der Waals surface area contributed by atoms with Crippen molar-refractivity contribution in [2.75, 3.05) is 5.32 Å². The molecule has 7 heteroatoms. The molecule has 0 aromatic heterocycles. The molecule has 0 bridgehead atoms. The highest BCUT2D eigenvalue weighted by atomic mass is 16.2. The van der Waals surface area contributed by atoms with Crippen LogP contribution in [0, 0.1) is 6.92 Å². The first kappa shape index (κ1) is 17.0. The number of aryl methyl sites for hydroxylation is 1. The summed E-state index contributed by atoms with van der Waals surface area (Å²) in [6.07, 6.45) is 0.231. The summed E-state index contributed by atoms with van der Waals surface area (Å²) in [6, 6.07) is 11.7. The van der Waals surface area contributed by atoms with Crippen molar-refractivity contribution in [1.82, 2.24) is 10.2 Å². The largest absolute Gasteiger partial charge is 0.355 e. The van der Waals surface area contributed by atoms with Gasteiger partial charge in [-0.05, 0) is 43.2 Å². The summed E-state index contributed by atoms with van der Waals surface area (Å²) >= 11 is 0. The predicted molar refractivity (Wildman–Crippen MR) is 97.6 cm³/mol. The molecule has 7 nitrogen and oxygen atoms in total. The lowest BCUT2D eigenvalue weighted by Crippen LogP contribution is -2.54. The third-order valence-corrected chi connectivity index (χ3v) is 4.77. The maximum absolute atomic E-state index is 13.0. The Morgan fingerprint density at radius 3 is 2.56 bits per heavy atom. The number of rotatable bonds is 3. The van der Waals surface area contributed by atoms with E-state index < -0.39 is 29.7 Å². The smallest absolute Gasteiger partial charge is 0.264 e. The van der Waals surface area contributed by atoms with Crippen LogP contribution in [0.3, 0.4) is 0 Å². The monoisotopic (exact) mass is 363 g/mol. The minimum Gasteiger partial charge on any atom is -0.355 e. The minimum atomic E-state index is -0.970. The van der Waals surface area contributed by atoms with Crippen LogP contribution in [0.4, 0.5) is 11.4 Å². The molecule has 27 heavy (non-hydrogen) atoms. The van der Waals surface area contributed by atoms with E-state index in [0.29, 0.717) is 5.69 Å². The van der Waals surface area contributed by atoms with Crippen LogP contribution in [0.25, 0.3) is 0 Å². The second-order valence-corrected chi connectivity index (χ2v) is 6.67. The molecule has 2 aliphatic heterocycles. The van der Waals surface area contributed by atoms with Gasteiger partial charge in [0.2, 0.25) is 11.8 Å². The summed E-state index contributed by atoms with van der Waals surface area (Å²) in [6.45, 7) is 1.96. The van der Waals surface area contributed by atoms with Crippen molar-refractivity contribution < 1.29 is 19.2 Å². The molecule has 1 fully saturated rings. The number of benzene rings is 2. The third-order valence-electron chi connectivity index (χ3n) is 4.77. The summed E-state index contributed by atoms with van der Waals surface area (Å²) in [5.74, 6) is -2.05. The van der Waals surface area contributed by atoms with Crippen molar-refractivity contribution in [3.05, 3.63) is 59.2 Å². The topological polar surface area (TPSA) is 95.6 Å². The summed E-state index contributed by atoms with van der Waals surface area (Å²) in [7, 11) is 0. The number of imide groups is 2. The molecule has 2 aromatic carbocycles. The van der Waals surface area contributed by atoms with E-state index in [1.54, 1.807) is 18.2 Å². The van der Waals surface area contributed by atoms with Crippen LogP contribution >= 0.6 is 0 Å². The lowest BCUT2D eigenvalue weighted by Gasteiger charge is -2.27. The van der Waals surface area contributed by atoms with Gasteiger partial charge in [-0.1, -0.05) is 18.2 Å². The standard InChI is InChI=1S/C20H17N3O4/c1-11-4-2-5-12(10-11)21-14-7-3-6-13-17(14)20(27)23(19(13)26)15-8-9-16(24)22-18(15)25/h2-7,10,15,21H,8-9H2,1H3,(H,22,24,25). The van der Waals surface area contributed by atoms with E-state index >= 15 is 0 Å². The Bertz CT molecular complexity index is 998. The zero-order valence-electron chi connectivity index (χ0n) is 14.6. The van der Waals surface area contributed by atoms with Crippen LogP contribution in [-0.4, -0.2) is 34.6 Å². The summed E-state index contributed by atoms with van der Waals surface area (Å²) in [4.78, 5) is 50.3. The molecule has 1 atom stereocenters. The number of hydrogen-bond acceptors (Lipinski definition) is 5. The number of fused-ring (bicyclic) bond motifs is 1. The summed E-state index contributed by atoms with van der Waals surface area (Å²) in [5, 5.41) is 5.38. The van der Waals surface area contributed by atoms with Gasteiger partial charge in [-0.15, -0.1) is 0 Å². The van der Waals surface area contributed by atoms with Crippen molar-refractivity contribution >= 4 is 35.0 Å². The van der Waals surface area contributed by atoms with Gasteiger partial charge in [-0.25, -0.2) is 0 Å². The predicted octanol–water partition coefficient (Wildman–Crippen LogP) is 2.14. The SMILES string of the molecule is Cc1cccc(Nc2cccc3c2C(=O)N(C2CCC(=O)NC2=O)C3=O)c1. The second-order valence-electron chi connectivity index (χ2n) is 6.67. The molecule has 1 unspecified atom stereocenters. The highest BCUT2D eigenvalue weighted by Gasteiger charge is 2.45. The fourth-order valence-corrected chi connectivity index (χ4v) is 3.50. The number of nitrogens with one attached hydrogen (secondary N) is 2. The summed E-state index contributed by atoms with van der Waals surface area (Å²) in [5.41, 5.74) is 2.85. The first-order valence-electron chi connectivity index (χ1n) is 8.64. The van der Waals surface area contributed by atoms with E-state index in [9.17, 15) is 19.2 Å². The fourth-order valence-electron chi connectivity index (χ4n) is 3.50. The van der Waals surface area contributed by atoms with E-state index in [4.69, 9.17) is 0 Å². The lowest BCUT2D eigenvalue weighted by molar-refractivity contribution is -0.136. The van der Waals surface area contributed by atoms with Gasteiger partial charge in [0.1, 0.15) is 6.04 Å². The van der Waals surface area contributed by atoms with Gasteiger partial charge in [0, 0.05) is 12.1 Å². The van der Waals surface area contributed by atoms with Crippen molar-refractivity contribution in [1.29, 1.82) is 0 Å². The number of carbonyl (C=O) groups excluding carboxylic acids is 4. The van der Waals surface area contributed by atoms with Crippen molar-refractivity contribution in [2.24, 2.45) is 0 Å². The van der Waals surface area contributed by atoms with Gasteiger partial charge in [0.15, 0.2) is 0 Å². The molecule has 2 aliphatic rings. The maximum atomic E-state index is 13.0.